The Hall–Kier alpha value is -2.51. The molecule has 8 nitrogen and oxygen atoms in total. The van der Waals surface area contributed by atoms with Crippen LogP contribution in [0.3, 0.4) is 0 Å². The van der Waals surface area contributed by atoms with E-state index in [1.54, 1.807) is 0 Å². The highest BCUT2D eigenvalue weighted by molar-refractivity contribution is 7.87. The maximum absolute atomic E-state index is 13.4. The van der Waals surface area contributed by atoms with E-state index in [1.807, 2.05) is 0 Å². The third kappa shape index (κ3) is 4.64. The standard InChI is InChI=1S/C19H16ClF2N5O3S2/c1-27-16(18(28)25-11-3-4-13(22)12(20)6-11)7-15(26-32(27,29)30)19-24-9-17(31-19)14-5-2-10(21)8-23-14/h2-6,8-9,15-16,26H,7H2,1H3,(H,25,28)/t15-,16+/m1/s1. The van der Waals surface area contributed by atoms with Gasteiger partial charge in [0.15, 0.2) is 0 Å². The minimum absolute atomic E-state index is 0.0975. The van der Waals surface area contributed by atoms with E-state index in [1.165, 1.54) is 48.8 Å². The number of nitrogens with one attached hydrogen (secondary N) is 2. The SMILES string of the molecule is CN1[C@H](C(=O)Nc2ccc(F)c(Cl)c2)C[C@H](c2ncc(-c3ccc(F)cn3)s2)NS1(=O)=O. The van der Waals surface area contributed by atoms with Gasteiger partial charge in [0.25, 0.3) is 10.2 Å². The van der Waals surface area contributed by atoms with Crippen LogP contribution in [0.15, 0.2) is 42.7 Å². The molecule has 1 saturated heterocycles. The van der Waals surface area contributed by atoms with Crippen LogP contribution in [0.4, 0.5) is 14.5 Å². The van der Waals surface area contributed by atoms with Crippen molar-refractivity contribution in [1.82, 2.24) is 19.0 Å². The number of hydrogen-bond acceptors (Lipinski definition) is 6. The average molecular weight is 500 g/mol. The number of carbonyl (C=O) groups excluding carboxylic acids is 1. The first-order valence-corrected chi connectivity index (χ1v) is 11.9. The van der Waals surface area contributed by atoms with Gasteiger partial charge in [0.2, 0.25) is 5.91 Å². The van der Waals surface area contributed by atoms with Gasteiger partial charge in [0.1, 0.15) is 22.7 Å². The fourth-order valence-electron chi connectivity index (χ4n) is 3.16. The highest BCUT2D eigenvalue weighted by Gasteiger charge is 2.41. The second kappa shape index (κ2) is 8.79. The van der Waals surface area contributed by atoms with Crippen LogP contribution < -0.4 is 10.0 Å². The van der Waals surface area contributed by atoms with Crippen molar-refractivity contribution in [3.05, 3.63) is 64.4 Å². The number of anilines is 1. The normalized spacial score (nSPS) is 20.8. The predicted molar refractivity (Wildman–Crippen MR) is 116 cm³/mol. The Kier molecular flexibility index (Phi) is 6.23. The number of carbonyl (C=O) groups is 1. The minimum atomic E-state index is -3.98. The van der Waals surface area contributed by atoms with Crippen LogP contribution in [0, 0.1) is 11.6 Å². The van der Waals surface area contributed by atoms with E-state index >= 15 is 0 Å². The van der Waals surface area contributed by atoms with Gasteiger partial charge >= 0.3 is 0 Å². The molecular weight excluding hydrogens is 484 g/mol. The molecule has 2 aromatic heterocycles. The van der Waals surface area contributed by atoms with Gasteiger partial charge in [-0.05, 0) is 36.8 Å². The van der Waals surface area contributed by atoms with Crippen LogP contribution in [0.1, 0.15) is 17.5 Å². The summed E-state index contributed by atoms with van der Waals surface area (Å²) in [7, 11) is -2.70. The number of pyridine rings is 1. The number of halogens is 3. The third-order valence-corrected chi connectivity index (χ3v) is 7.88. The van der Waals surface area contributed by atoms with Gasteiger partial charge in [-0.1, -0.05) is 11.6 Å². The van der Waals surface area contributed by atoms with Gasteiger partial charge in [0, 0.05) is 18.9 Å². The lowest BCUT2D eigenvalue weighted by atomic mass is 10.1. The van der Waals surface area contributed by atoms with Crippen molar-refractivity contribution in [2.75, 3.05) is 12.4 Å². The zero-order valence-corrected chi connectivity index (χ0v) is 18.8. The molecule has 0 bridgehead atoms. The molecule has 168 valence electrons. The topological polar surface area (TPSA) is 104 Å². The van der Waals surface area contributed by atoms with Gasteiger partial charge in [-0.15, -0.1) is 11.3 Å². The molecule has 0 spiro atoms. The monoisotopic (exact) mass is 499 g/mol. The summed E-state index contributed by atoms with van der Waals surface area (Å²) in [6.07, 6.45) is 2.69. The molecule has 2 N–H and O–H groups in total. The summed E-state index contributed by atoms with van der Waals surface area (Å²) in [6, 6.07) is 4.62. The molecule has 32 heavy (non-hydrogen) atoms. The Morgan fingerprint density at radius 2 is 2.03 bits per heavy atom. The number of nitrogens with zero attached hydrogens (tertiary/aromatic N) is 3. The maximum Gasteiger partial charge on any atom is 0.280 e. The number of hydrogen-bond donors (Lipinski definition) is 2. The average Bonchev–Trinajstić information content (AvgIpc) is 3.23. The molecule has 2 atom stereocenters. The van der Waals surface area contributed by atoms with E-state index in [9.17, 15) is 22.0 Å². The smallest absolute Gasteiger partial charge is 0.280 e. The van der Waals surface area contributed by atoms with Crippen molar-refractivity contribution < 1.29 is 22.0 Å². The molecule has 1 aromatic carbocycles. The summed E-state index contributed by atoms with van der Waals surface area (Å²) in [5.41, 5.74) is 0.731. The van der Waals surface area contributed by atoms with Crippen molar-refractivity contribution in [3.63, 3.8) is 0 Å². The summed E-state index contributed by atoms with van der Waals surface area (Å²) in [5.74, 6) is -1.71. The van der Waals surface area contributed by atoms with Crippen LogP contribution in [0.25, 0.3) is 10.6 Å². The Morgan fingerprint density at radius 3 is 2.72 bits per heavy atom. The molecule has 0 saturated carbocycles. The maximum atomic E-state index is 13.4. The van der Waals surface area contributed by atoms with Crippen molar-refractivity contribution in [1.29, 1.82) is 0 Å². The Morgan fingerprint density at radius 1 is 1.25 bits per heavy atom. The van der Waals surface area contributed by atoms with Crippen LogP contribution in [0.5, 0.6) is 0 Å². The third-order valence-electron chi connectivity index (χ3n) is 4.86. The molecule has 1 aliphatic heterocycles. The van der Waals surface area contributed by atoms with Gasteiger partial charge in [0.05, 0.1) is 27.8 Å². The number of thiazole rings is 1. The van der Waals surface area contributed by atoms with E-state index < -0.39 is 39.8 Å². The van der Waals surface area contributed by atoms with Crippen LogP contribution >= 0.6 is 22.9 Å². The Labute approximate surface area is 191 Å². The largest absolute Gasteiger partial charge is 0.325 e. The Balaban J connectivity index is 1.56. The molecule has 4 rings (SSSR count). The van der Waals surface area contributed by atoms with E-state index in [0.717, 1.165) is 16.6 Å². The first-order chi connectivity index (χ1) is 15.1. The zero-order valence-electron chi connectivity index (χ0n) is 16.4. The molecule has 3 heterocycles. The number of benzene rings is 1. The molecule has 13 heteroatoms. The first-order valence-electron chi connectivity index (χ1n) is 9.23. The fraction of sp³-hybridized carbons (Fsp3) is 0.211. The molecule has 1 aliphatic rings. The van der Waals surface area contributed by atoms with Gasteiger partial charge in [-0.2, -0.15) is 17.4 Å². The fourth-order valence-corrected chi connectivity index (χ4v) is 5.63. The second-order valence-electron chi connectivity index (χ2n) is 6.99. The lowest BCUT2D eigenvalue weighted by molar-refractivity contribution is -0.120. The number of rotatable bonds is 4. The predicted octanol–water partition coefficient (Wildman–Crippen LogP) is 3.36. The number of aromatic nitrogens is 2. The van der Waals surface area contributed by atoms with Gasteiger partial charge in [-0.25, -0.2) is 13.8 Å². The van der Waals surface area contributed by atoms with E-state index in [2.05, 4.69) is 20.0 Å². The van der Waals surface area contributed by atoms with Crippen LogP contribution in [-0.4, -0.2) is 41.7 Å². The van der Waals surface area contributed by atoms with Crippen molar-refractivity contribution in [3.8, 4) is 10.6 Å². The minimum Gasteiger partial charge on any atom is -0.325 e. The molecular formula is C19H16ClF2N5O3S2. The number of amides is 1. The molecule has 0 aliphatic carbocycles. The zero-order chi connectivity index (χ0) is 23.0. The summed E-state index contributed by atoms with van der Waals surface area (Å²) in [4.78, 5) is 21.8. The van der Waals surface area contributed by atoms with E-state index in [4.69, 9.17) is 11.6 Å². The molecule has 3 aromatic rings. The molecule has 0 unspecified atom stereocenters. The van der Waals surface area contributed by atoms with Crippen LogP contribution in [0.2, 0.25) is 5.02 Å². The summed E-state index contributed by atoms with van der Waals surface area (Å²) < 4.78 is 55.2. The van der Waals surface area contributed by atoms with Crippen molar-refractivity contribution in [2.45, 2.75) is 18.5 Å². The summed E-state index contributed by atoms with van der Waals surface area (Å²) in [5, 5.41) is 2.84. The summed E-state index contributed by atoms with van der Waals surface area (Å²) in [6.45, 7) is 0. The van der Waals surface area contributed by atoms with Crippen LogP contribution in [-0.2, 0) is 15.0 Å². The first kappa shape index (κ1) is 22.7. The summed E-state index contributed by atoms with van der Waals surface area (Å²) >= 11 is 6.94. The van der Waals surface area contributed by atoms with E-state index in [-0.39, 0.29) is 17.1 Å². The molecule has 1 amide bonds. The highest BCUT2D eigenvalue weighted by Crippen LogP contribution is 2.34. The van der Waals surface area contributed by atoms with Crippen molar-refractivity contribution >= 4 is 44.7 Å². The van der Waals surface area contributed by atoms with Gasteiger partial charge < -0.3 is 5.32 Å². The van der Waals surface area contributed by atoms with Crippen molar-refractivity contribution in [2.24, 2.45) is 0 Å². The lowest BCUT2D eigenvalue weighted by Crippen LogP contribution is -2.55. The Bertz CT molecular complexity index is 1270. The lowest BCUT2D eigenvalue weighted by Gasteiger charge is -2.35. The van der Waals surface area contributed by atoms with E-state index in [0.29, 0.717) is 15.6 Å². The molecule has 0 radical (unpaired) electrons. The quantitative estimate of drug-likeness (QED) is 0.573. The molecule has 1 fully saturated rings. The highest BCUT2D eigenvalue weighted by atomic mass is 35.5. The van der Waals surface area contributed by atoms with Gasteiger partial charge in [-0.3, -0.25) is 9.78 Å². The number of likely N-dealkylation sites (N-methyl/N-ethyl adjacent to an activating group) is 1. The second-order valence-corrected chi connectivity index (χ2v) is 10.2.